The molecule has 2 heterocycles. The second kappa shape index (κ2) is 5.00. The molecule has 0 radical (unpaired) electrons. The van der Waals surface area contributed by atoms with E-state index in [4.69, 9.17) is 11.6 Å². The van der Waals surface area contributed by atoms with Gasteiger partial charge >= 0.3 is 0 Å². The van der Waals surface area contributed by atoms with Crippen molar-refractivity contribution in [2.75, 3.05) is 0 Å². The van der Waals surface area contributed by atoms with Gasteiger partial charge in [0, 0.05) is 17.0 Å². The summed E-state index contributed by atoms with van der Waals surface area (Å²) in [5.41, 5.74) is -0.547. The summed E-state index contributed by atoms with van der Waals surface area (Å²) in [5, 5.41) is 12.1. The molecule has 1 aliphatic heterocycles. The highest BCUT2D eigenvalue weighted by atomic mass is 35.5. The number of para-hydroxylation sites is 1. The predicted octanol–water partition coefficient (Wildman–Crippen LogP) is 2.57. The molecule has 1 aromatic heterocycles. The fourth-order valence-corrected chi connectivity index (χ4v) is 3.50. The predicted molar refractivity (Wildman–Crippen MR) is 90.6 cm³/mol. The van der Waals surface area contributed by atoms with Crippen molar-refractivity contribution in [1.29, 1.82) is 0 Å². The van der Waals surface area contributed by atoms with Crippen LogP contribution in [0.15, 0.2) is 47.3 Å². The van der Waals surface area contributed by atoms with Crippen molar-refractivity contribution in [3.63, 3.8) is 0 Å². The first-order chi connectivity index (χ1) is 11.4. The van der Waals surface area contributed by atoms with Crippen LogP contribution in [0.2, 0.25) is 5.02 Å². The minimum Gasteiger partial charge on any atom is -0.377 e. The Hall–Kier alpha value is -2.50. The third-order valence-electron chi connectivity index (χ3n) is 4.30. The Morgan fingerprint density at radius 2 is 2.04 bits per heavy atom. The number of benzene rings is 2. The maximum atomic E-state index is 12.9. The number of carbonyl (C=O) groups is 1. The minimum atomic E-state index is -1.67. The normalized spacial score (nSPS) is 18.5. The van der Waals surface area contributed by atoms with Crippen LogP contribution < -0.4 is 5.56 Å². The van der Waals surface area contributed by atoms with E-state index in [1.54, 1.807) is 42.5 Å². The SMILES string of the molecule is CC(=O)C[C@]1(O)c2cc(Cl)ccc2-n2c1nc1ccccc1c2=O. The van der Waals surface area contributed by atoms with Crippen LogP contribution in [0.4, 0.5) is 0 Å². The van der Waals surface area contributed by atoms with Gasteiger partial charge in [0.05, 0.1) is 16.6 Å². The fraction of sp³-hybridized carbons (Fsp3) is 0.167. The third kappa shape index (κ3) is 1.95. The van der Waals surface area contributed by atoms with Gasteiger partial charge in [0.2, 0.25) is 0 Å². The van der Waals surface area contributed by atoms with Crippen molar-refractivity contribution in [2.24, 2.45) is 0 Å². The molecule has 0 fully saturated rings. The molecule has 6 heteroatoms. The molecule has 24 heavy (non-hydrogen) atoms. The second-order valence-electron chi connectivity index (χ2n) is 5.99. The molecular weight excluding hydrogens is 328 g/mol. The number of fused-ring (bicyclic) bond motifs is 4. The van der Waals surface area contributed by atoms with Crippen LogP contribution in [0.25, 0.3) is 16.6 Å². The lowest BCUT2D eigenvalue weighted by Crippen LogP contribution is -2.32. The molecule has 0 spiro atoms. The van der Waals surface area contributed by atoms with Crippen LogP contribution >= 0.6 is 11.6 Å². The Labute approximate surface area is 142 Å². The van der Waals surface area contributed by atoms with Crippen molar-refractivity contribution in [3.05, 3.63) is 69.2 Å². The Bertz CT molecular complexity index is 1070. The molecule has 0 unspecified atom stereocenters. The zero-order valence-electron chi connectivity index (χ0n) is 12.8. The van der Waals surface area contributed by atoms with Gasteiger partial charge in [0.15, 0.2) is 11.4 Å². The minimum absolute atomic E-state index is 0.152. The average molecular weight is 341 g/mol. The van der Waals surface area contributed by atoms with E-state index < -0.39 is 5.60 Å². The molecule has 5 nitrogen and oxygen atoms in total. The Morgan fingerprint density at radius 1 is 1.29 bits per heavy atom. The fourth-order valence-electron chi connectivity index (χ4n) is 3.32. The van der Waals surface area contributed by atoms with E-state index in [0.717, 1.165) is 0 Å². The van der Waals surface area contributed by atoms with Crippen LogP contribution in [-0.2, 0) is 10.4 Å². The van der Waals surface area contributed by atoms with Gasteiger partial charge in [-0.25, -0.2) is 4.98 Å². The number of nitrogens with zero attached hydrogens (tertiary/aromatic N) is 2. The van der Waals surface area contributed by atoms with Gasteiger partial charge in [0.1, 0.15) is 5.78 Å². The molecule has 3 aromatic rings. The number of rotatable bonds is 2. The number of carbonyl (C=O) groups excluding carboxylic acids is 1. The van der Waals surface area contributed by atoms with Gasteiger partial charge in [0.25, 0.3) is 5.56 Å². The molecule has 0 amide bonds. The molecule has 120 valence electrons. The number of aliphatic hydroxyl groups is 1. The van der Waals surface area contributed by atoms with Crippen LogP contribution in [0, 0.1) is 0 Å². The highest BCUT2D eigenvalue weighted by molar-refractivity contribution is 6.30. The van der Waals surface area contributed by atoms with Gasteiger partial charge in [-0.2, -0.15) is 0 Å². The first kappa shape index (κ1) is 15.1. The van der Waals surface area contributed by atoms with E-state index >= 15 is 0 Å². The van der Waals surface area contributed by atoms with E-state index in [1.165, 1.54) is 11.5 Å². The summed E-state index contributed by atoms with van der Waals surface area (Å²) in [7, 11) is 0. The molecule has 0 aliphatic carbocycles. The Balaban J connectivity index is 2.16. The molecular formula is C18H13ClN2O3. The molecule has 1 aliphatic rings. The third-order valence-corrected chi connectivity index (χ3v) is 4.53. The monoisotopic (exact) mass is 340 g/mol. The summed E-state index contributed by atoms with van der Waals surface area (Å²) in [4.78, 5) is 29.2. The largest absolute Gasteiger partial charge is 0.377 e. The number of hydrogen-bond acceptors (Lipinski definition) is 4. The highest BCUT2D eigenvalue weighted by Crippen LogP contribution is 2.43. The second-order valence-corrected chi connectivity index (χ2v) is 6.43. The van der Waals surface area contributed by atoms with Gasteiger partial charge in [-0.1, -0.05) is 23.7 Å². The number of aromatic nitrogens is 2. The lowest BCUT2D eigenvalue weighted by atomic mass is 9.89. The summed E-state index contributed by atoms with van der Waals surface area (Å²) in [6, 6.07) is 11.8. The molecule has 0 saturated carbocycles. The van der Waals surface area contributed by atoms with Crippen molar-refractivity contribution in [2.45, 2.75) is 18.9 Å². The first-order valence-corrected chi connectivity index (χ1v) is 7.84. The summed E-state index contributed by atoms with van der Waals surface area (Å²) in [5.74, 6) is -0.0575. The summed E-state index contributed by atoms with van der Waals surface area (Å²) in [6.45, 7) is 1.39. The standard InChI is InChI=1S/C18H13ClN2O3/c1-10(22)9-18(24)13-8-11(19)6-7-15(13)21-16(23)12-4-2-3-5-14(12)20-17(18)21/h2-8,24H,9H2,1H3/t18-/m0/s1. The van der Waals surface area contributed by atoms with Crippen molar-refractivity contribution >= 4 is 28.3 Å². The van der Waals surface area contributed by atoms with Crippen LogP contribution in [-0.4, -0.2) is 20.4 Å². The quantitative estimate of drug-likeness (QED) is 0.778. The van der Waals surface area contributed by atoms with Crippen molar-refractivity contribution < 1.29 is 9.90 Å². The highest BCUT2D eigenvalue weighted by Gasteiger charge is 2.45. The van der Waals surface area contributed by atoms with E-state index in [9.17, 15) is 14.7 Å². The van der Waals surface area contributed by atoms with Crippen molar-refractivity contribution in [3.8, 4) is 5.69 Å². The van der Waals surface area contributed by atoms with Crippen LogP contribution in [0.3, 0.4) is 0 Å². The smallest absolute Gasteiger partial charge is 0.266 e. The molecule has 0 saturated heterocycles. The average Bonchev–Trinajstić information content (AvgIpc) is 2.76. The maximum Gasteiger partial charge on any atom is 0.266 e. The molecule has 1 atom stereocenters. The lowest BCUT2D eigenvalue weighted by Gasteiger charge is -2.22. The number of Topliss-reactive ketones (excluding diaryl/α,β-unsaturated/α-hetero) is 1. The number of ketones is 1. The van der Waals surface area contributed by atoms with Gasteiger partial charge in [-0.05, 0) is 37.3 Å². The van der Waals surface area contributed by atoms with E-state index in [-0.39, 0.29) is 23.6 Å². The van der Waals surface area contributed by atoms with Crippen molar-refractivity contribution in [1.82, 2.24) is 9.55 Å². The first-order valence-electron chi connectivity index (χ1n) is 7.46. The van der Waals surface area contributed by atoms with Crippen LogP contribution in [0.5, 0.6) is 0 Å². The Morgan fingerprint density at radius 3 is 2.79 bits per heavy atom. The maximum absolute atomic E-state index is 12.9. The zero-order chi connectivity index (χ0) is 17.1. The number of halogens is 1. The van der Waals surface area contributed by atoms with Gasteiger partial charge < -0.3 is 5.11 Å². The van der Waals surface area contributed by atoms with Crippen LogP contribution in [0.1, 0.15) is 24.7 Å². The summed E-state index contributed by atoms with van der Waals surface area (Å²) < 4.78 is 1.37. The van der Waals surface area contributed by atoms with Gasteiger partial charge in [-0.15, -0.1) is 0 Å². The number of hydrogen-bond donors (Lipinski definition) is 1. The van der Waals surface area contributed by atoms with E-state index in [2.05, 4.69) is 4.98 Å². The summed E-state index contributed by atoms with van der Waals surface area (Å²) in [6.07, 6.45) is -0.175. The topological polar surface area (TPSA) is 72.2 Å². The zero-order valence-corrected chi connectivity index (χ0v) is 13.5. The van der Waals surface area contributed by atoms with Gasteiger partial charge in [-0.3, -0.25) is 14.2 Å². The Kier molecular flexibility index (Phi) is 3.13. The molecule has 4 rings (SSSR count). The van der Waals surface area contributed by atoms with E-state index in [1.807, 2.05) is 0 Å². The summed E-state index contributed by atoms with van der Waals surface area (Å²) >= 11 is 6.07. The molecule has 2 aromatic carbocycles. The van der Waals surface area contributed by atoms with E-state index in [0.29, 0.717) is 27.2 Å². The lowest BCUT2D eigenvalue weighted by molar-refractivity contribution is -0.120. The molecule has 1 N–H and O–H groups in total. The molecule has 0 bridgehead atoms.